The van der Waals surface area contributed by atoms with Crippen LogP contribution in [0.4, 0.5) is 11.4 Å². The van der Waals surface area contributed by atoms with Gasteiger partial charge in [-0.3, -0.25) is 4.79 Å². The van der Waals surface area contributed by atoms with Crippen LogP contribution < -0.4 is 10.2 Å². The second kappa shape index (κ2) is 8.19. The molecular formula is C21H19N3O3. The number of hydrogen-bond donors (Lipinski definition) is 1. The van der Waals surface area contributed by atoms with Crippen molar-refractivity contribution in [1.29, 1.82) is 5.26 Å². The van der Waals surface area contributed by atoms with Crippen molar-refractivity contribution in [2.24, 2.45) is 0 Å². The van der Waals surface area contributed by atoms with Crippen LogP contribution in [0.2, 0.25) is 0 Å². The van der Waals surface area contributed by atoms with Gasteiger partial charge in [0.15, 0.2) is 0 Å². The van der Waals surface area contributed by atoms with Crippen LogP contribution in [0.1, 0.15) is 22.3 Å². The van der Waals surface area contributed by atoms with Crippen LogP contribution >= 0.6 is 0 Å². The third-order valence-corrected chi connectivity index (χ3v) is 4.41. The molecule has 1 aliphatic heterocycles. The van der Waals surface area contributed by atoms with Crippen molar-refractivity contribution < 1.29 is 14.3 Å². The average Bonchev–Trinajstić information content (AvgIpc) is 2.73. The van der Waals surface area contributed by atoms with Crippen molar-refractivity contribution in [3.8, 4) is 6.07 Å². The van der Waals surface area contributed by atoms with Crippen molar-refractivity contribution in [2.45, 2.75) is 12.8 Å². The number of methoxy groups -OCH3 is 1. The highest BCUT2D eigenvalue weighted by Crippen LogP contribution is 2.28. The van der Waals surface area contributed by atoms with Gasteiger partial charge in [0.25, 0.3) is 5.91 Å². The van der Waals surface area contributed by atoms with E-state index in [0.717, 1.165) is 24.1 Å². The molecule has 0 unspecified atom stereocenters. The van der Waals surface area contributed by atoms with Crippen LogP contribution in [0.3, 0.4) is 0 Å². The number of ether oxygens (including phenoxy) is 1. The molecule has 1 N–H and O–H groups in total. The number of esters is 1. The topological polar surface area (TPSA) is 82.4 Å². The first-order valence-corrected chi connectivity index (χ1v) is 8.59. The lowest BCUT2D eigenvalue weighted by Gasteiger charge is -2.29. The summed E-state index contributed by atoms with van der Waals surface area (Å²) < 4.78 is 4.75. The zero-order chi connectivity index (χ0) is 19.2. The maximum Gasteiger partial charge on any atom is 0.339 e. The number of nitrogens with zero attached hydrogens (tertiary/aromatic N) is 2. The molecule has 27 heavy (non-hydrogen) atoms. The Morgan fingerprint density at radius 1 is 1.19 bits per heavy atom. The Morgan fingerprint density at radius 3 is 2.70 bits per heavy atom. The third kappa shape index (κ3) is 3.82. The van der Waals surface area contributed by atoms with E-state index in [0.29, 0.717) is 17.8 Å². The van der Waals surface area contributed by atoms with E-state index in [1.807, 2.05) is 30.3 Å². The smallest absolute Gasteiger partial charge is 0.339 e. The van der Waals surface area contributed by atoms with E-state index in [1.54, 1.807) is 29.2 Å². The largest absolute Gasteiger partial charge is 0.465 e. The maximum absolute atomic E-state index is 12.9. The van der Waals surface area contributed by atoms with Crippen molar-refractivity contribution in [3.63, 3.8) is 0 Å². The number of aryl methyl sites for hydroxylation is 1. The summed E-state index contributed by atoms with van der Waals surface area (Å²) in [6.45, 7) is 0.563. The molecule has 136 valence electrons. The van der Waals surface area contributed by atoms with Gasteiger partial charge in [-0.15, -0.1) is 0 Å². The summed E-state index contributed by atoms with van der Waals surface area (Å²) in [7, 11) is 1.30. The van der Waals surface area contributed by atoms with E-state index < -0.39 is 5.97 Å². The SMILES string of the molecule is COC(=O)c1ccccc1N/C=C(/C#N)C(=O)N1CCCc2ccccc21. The standard InChI is InChI=1S/C21H19N3O3/c1-27-21(26)17-9-3-4-10-18(17)23-14-16(13-22)20(25)24-12-6-8-15-7-2-5-11-19(15)24/h2-5,7,9-11,14,23H,6,8,12H2,1H3/b16-14-. The van der Waals surface area contributed by atoms with Gasteiger partial charge in [0.05, 0.1) is 18.4 Å². The molecule has 0 atom stereocenters. The van der Waals surface area contributed by atoms with E-state index in [2.05, 4.69) is 5.32 Å². The molecule has 0 saturated heterocycles. The van der Waals surface area contributed by atoms with Gasteiger partial charge in [0, 0.05) is 18.4 Å². The predicted molar refractivity (Wildman–Crippen MR) is 102 cm³/mol. The monoisotopic (exact) mass is 361 g/mol. The van der Waals surface area contributed by atoms with Gasteiger partial charge in [0.1, 0.15) is 11.6 Å². The minimum Gasteiger partial charge on any atom is -0.465 e. The number of nitriles is 1. The predicted octanol–water partition coefficient (Wildman–Crippen LogP) is 3.27. The molecule has 0 spiro atoms. The summed E-state index contributed by atoms with van der Waals surface area (Å²) in [6, 6.07) is 16.4. The molecule has 2 aromatic carbocycles. The second-order valence-electron chi connectivity index (χ2n) is 6.04. The number of hydrogen-bond acceptors (Lipinski definition) is 5. The number of nitrogens with one attached hydrogen (secondary N) is 1. The molecule has 3 rings (SSSR count). The van der Waals surface area contributed by atoms with E-state index >= 15 is 0 Å². The Labute approximate surface area is 157 Å². The quantitative estimate of drug-likeness (QED) is 0.513. The van der Waals surface area contributed by atoms with Crippen LogP contribution in [0.5, 0.6) is 0 Å². The Morgan fingerprint density at radius 2 is 1.93 bits per heavy atom. The van der Waals surface area contributed by atoms with Gasteiger partial charge < -0.3 is 15.0 Å². The van der Waals surface area contributed by atoms with Gasteiger partial charge in [-0.1, -0.05) is 30.3 Å². The van der Waals surface area contributed by atoms with Crippen molar-refractivity contribution in [1.82, 2.24) is 0 Å². The number of para-hydroxylation sites is 2. The third-order valence-electron chi connectivity index (χ3n) is 4.41. The zero-order valence-electron chi connectivity index (χ0n) is 14.9. The molecule has 0 aliphatic carbocycles. The zero-order valence-corrected chi connectivity index (χ0v) is 14.9. The minimum atomic E-state index is -0.499. The second-order valence-corrected chi connectivity index (χ2v) is 6.04. The molecule has 0 fully saturated rings. The van der Waals surface area contributed by atoms with E-state index in [1.165, 1.54) is 13.3 Å². The Kier molecular flexibility index (Phi) is 5.53. The highest BCUT2D eigenvalue weighted by molar-refractivity contribution is 6.09. The normalized spacial score (nSPS) is 13.3. The van der Waals surface area contributed by atoms with Crippen molar-refractivity contribution in [3.05, 3.63) is 71.4 Å². The molecule has 6 nitrogen and oxygen atoms in total. The van der Waals surface area contributed by atoms with E-state index in [-0.39, 0.29) is 11.5 Å². The lowest BCUT2D eigenvalue weighted by Crippen LogP contribution is -2.36. The van der Waals surface area contributed by atoms with Crippen LogP contribution in [-0.2, 0) is 16.0 Å². The fourth-order valence-corrected chi connectivity index (χ4v) is 3.08. The van der Waals surface area contributed by atoms with E-state index in [4.69, 9.17) is 4.74 Å². The Hall–Kier alpha value is -3.59. The summed E-state index contributed by atoms with van der Waals surface area (Å²) >= 11 is 0. The molecule has 1 heterocycles. The molecular weight excluding hydrogens is 342 g/mol. The first kappa shape index (κ1) is 18.2. The van der Waals surface area contributed by atoms with Gasteiger partial charge in [-0.05, 0) is 36.6 Å². The lowest BCUT2D eigenvalue weighted by atomic mass is 10.0. The summed E-state index contributed by atoms with van der Waals surface area (Å²) in [5.41, 5.74) is 2.68. The van der Waals surface area contributed by atoms with Crippen LogP contribution in [0, 0.1) is 11.3 Å². The number of anilines is 2. The van der Waals surface area contributed by atoms with Crippen molar-refractivity contribution in [2.75, 3.05) is 23.9 Å². The molecule has 0 bridgehead atoms. The number of carbonyl (C=O) groups is 2. The number of amides is 1. The molecule has 2 aromatic rings. The molecule has 0 aromatic heterocycles. The van der Waals surface area contributed by atoms with E-state index in [9.17, 15) is 14.9 Å². The summed E-state index contributed by atoms with van der Waals surface area (Å²) in [4.78, 5) is 26.4. The molecule has 1 aliphatic rings. The van der Waals surface area contributed by atoms with Crippen LogP contribution in [-0.4, -0.2) is 25.5 Å². The van der Waals surface area contributed by atoms with Crippen molar-refractivity contribution >= 4 is 23.3 Å². The average molecular weight is 361 g/mol. The lowest BCUT2D eigenvalue weighted by molar-refractivity contribution is -0.114. The first-order valence-electron chi connectivity index (χ1n) is 8.59. The van der Waals surface area contributed by atoms with Gasteiger partial charge in [-0.25, -0.2) is 4.79 Å². The molecule has 6 heteroatoms. The Bertz CT molecular complexity index is 944. The van der Waals surface area contributed by atoms with Crippen LogP contribution in [0.15, 0.2) is 60.3 Å². The number of fused-ring (bicyclic) bond motifs is 1. The van der Waals surface area contributed by atoms with Gasteiger partial charge in [-0.2, -0.15) is 5.26 Å². The molecule has 1 amide bonds. The number of carbonyl (C=O) groups excluding carboxylic acids is 2. The van der Waals surface area contributed by atoms with Gasteiger partial charge >= 0.3 is 5.97 Å². The summed E-state index contributed by atoms with van der Waals surface area (Å²) in [6.07, 6.45) is 3.09. The fraction of sp³-hybridized carbons (Fsp3) is 0.190. The fourth-order valence-electron chi connectivity index (χ4n) is 3.08. The minimum absolute atomic E-state index is 0.0358. The maximum atomic E-state index is 12.9. The number of benzene rings is 2. The summed E-state index contributed by atoms with van der Waals surface area (Å²) in [5.74, 6) is -0.867. The Balaban J connectivity index is 1.86. The first-order chi connectivity index (χ1) is 13.2. The van der Waals surface area contributed by atoms with Crippen LogP contribution in [0.25, 0.3) is 0 Å². The molecule has 0 radical (unpaired) electrons. The molecule has 0 saturated carbocycles. The van der Waals surface area contributed by atoms with Gasteiger partial charge in [0.2, 0.25) is 0 Å². The summed E-state index contributed by atoms with van der Waals surface area (Å²) in [5, 5.41) is 12.4. The highest BCUT2D eigenvalue weighted by atomic mass is 16.5. The number of rotatable bonds is 4. The highest BCUT2D eigenvalue weighted by Gasteiger charge is 2.25.